The number of rotatable bonds is 2. The summed E-state index contributed by atoms with van der Waals surface area (Å²) in [7, 11) is 1.92. The average Bonchev–Trinajstić information content (AvgIpc) is 2.30. The lowest BCUT2D eigenvalue weighted by Crippen LogP contribution is -2.30. The Bertz CT molecular complexity index is 327. The van der Waals surface area contributed by atoms with Crippen LogP contribution in [0.2, 0.25) is 0 Å². The molecule has 0 unspecified atom stereocenters. The van der Waals surface area contributed by atoms with E-state index < -0.39 is 0 Å². The summed E-state index contributed by atoms with van der Waals surface area (Å²) in [6.45, 7) is 1.97. The molecule has 1 aromatic rings. The summed E-state index contributed by atoms with van der Waals surface area (Å²) in [5.74, 6) is 1.03. The third-order valence-corrected chi connectivity index (χ3v) is 2.34. The van der Waals surface area contributed by atoms with Gasteiger partial charge >= 0.3 is 0 Å². The van der Waals surface area contributed by atoms with Gasteiger partial charge in [0, 0.05) is 31.4 Å². The summed E-state index contributed by atoms with van der Waals surface area (Å²) < 4.78 is 0. The molecule has 1 aromatic carbocycles. The molecule has 0 atom stereocenters. The van der Waals surface area contributed by atoms with E-state index in [1.165, 1.54) is 5.56 Å². The van der Waals surface area contributed by atoms with Crippen LogP contribution in [0.3, 0.4) is 0 Å². The molecular weight excluding hydrogens is 174 g/mol. The minimum Gasteiger partial charge on any atom is -0.388 e. The Labute approximate surface area is 84.2 Å². The zero-order chi connectivity index (χ0) is 9.80. The Morgan fingerprint density at radius 1 is 1.29 bits per heavy atom. The summed E-state index contributed by atoms with van der Waals surface area (Å²) in [6, 6.07) is 8.30. The molecule has 3 heteroatoms. The van der Waals surface area contributed by atoms with Gasteiger partial charge in [0.1, 0.15) is 5.84 Å². The highest BCUT2D eigenvalue weighted by Crippen LogP contribution is 2.09. The van der Waals surface area contributed by atoms with Gasteiger partial charge < -0.3 is 10.6 Å². The van der Waals surface area contributed by atoms with Crippen molar-refractivity contribution < 1.29 is 0 Å². The Morgan fingerprint density at radius 2 is 2.07 bits per heavy atom. The van der Waals surface area contributed by atoms with E-state index in [4.69, 9.17) is 0 Å². The van der Waals surface area contributed by atoms with Gasteiger partial charge in [0.25, 0.3) is 0 Å². The maximum atomic E-state index is 4.44. The molecule has 0 aromatic heterocycles. The van der Waals surface area contributed by atoms with Gasteiger partial charge in [-0.15, -0.1) is 0 Å². The zero-order valence-corrected chi connectivity index (χ0v) is 8.38. The van der Waals surface area contributed by atoms with Crippen molar-refractivity contribution in [3.8, 4) is 0 Å². The Hall–Kier alpha value is -1.51. The third kappa shape index (κ3) is 1.87. The SMILES string of the molecule is CNc1ccc(C2=NCCCN2)cc1. The molecule has 0 saturated heterocycles. The number of amidine groups is 1. The number of nitrogens with zero attached hydrogens (tertiary/aromatic N) is 1. The lowest BCUT2D eigenvalue weighted by molar-refractivity contribution is 0.742. The second-order valence-corrected chi connectivity index (χ2v) is 3.34. The Balaban J connectivity index is 2.19. The highest BCUT2D eigenvalue weighted by Gasteiger charge is 2.05. The molecular formula is C11H15N3. The molecule has 2 rings (SSSR count). The number of hydrogen-bond acceptors (Lipinski definition) is 3. The van der Waals surface area contributed by atoms with Crippen LogP contribution in [0.1, 0.15) is 12.0 Å². The first-order chi connectivity index (χ1) is 6.90. The molecule has 0 spiro atoms. The van der Waals surface area contributed by atoms with Gasteiger partial charge in [-0.25, -0.2) is 0 Å². The van der Waals surface area contributed by atoms with Gasteiger partial charge in [-0.3, -0.25) is 4.99 Å². The van der Waals surface area contributed by atoms with E-state index in [1.807, 2.05) is 7.05 Å². The van der Waals surface area contributed by atoms with Gasteiger partial charge in [-0.1, -0.05) is 0 Å². The van der Waals surface area contributed by atoms with E-state index in [0.717, 1.165) is 31.0 Å². The first-order valence-corrected chi connectivity index (χ1v) is 4.96. The lowest BCUT2D eigenvalue weighted by Gasteiger charge is -2.14. The monoisotopic (exact) mass is 189 g/mol. The van der Waals surface area contributed by atoms with Gasteiger partial charge in [-0.05, 0) is 30.7 Å². The zero-order valence-electron chi connectivity index (χ0n) is 8.38. The van der Waals surface area contributed by atoms with Crippen molar-refractivity contribution in [1.29, 1.82) is 0 Å². The second-order valence-electron chi connectivity index (χ2n) is 3.34. The summed E-state index contributed by atoms with van der Waals surface area (Å²) in [4.78, 5) is 4.44. The van der Waals surface area contributed by atoms with Gasteiger partial charge in [0.05, 0.1) is 0 Å². The number of anilines is 1. The number of nitrogens with one attached hydrogen (secondary N) is 2. The predicted octanol–water partition coefficient (Wildman–Crippen LogP) is 1.47. The van der Waals surface area contributed by atoms with Crippen LogP contribution in [0, 0.1) is 0 Å². The molecule has 74 valence electrons. The smallest absolute Gasteiger partial charge is 0.128 e. The van der Waals surface area contributed by atoms with Crippen molar-refractivity contribution in [1.82, 2.24) is 5.32 Å². The molecule has 0 bridgehead atoms. The summed E-state index contributed by atoms with van der Waals surface area (Å²) in [6.07, 6.45) is 1.14. The van der Waals surface area contributed by atoms with Crippen LogP contribution in [-0.4, -0.2) is 26.0 Å². The second kappa shape index (κ2) is 4.13. The Morgan fingerprint density at radius 3 is 2.64 bits per heavy atom. The predicted molar refractivity (Wildman–Crippen MR) is 60.0 cm³/mol. The highest BCUT2D eigenvalue weighted by atomic mass is 15.0. The van der Waals surface area contributed by atoms with Crippen molar-refractivity contribution >= 4 is 11.5 Å². The molecule has 14 heavy (non-hydrogen) atoms. The van der Waals surface area contributed by atoms with E-state index in [-0.39, 0.29) is 0 Å². The molecule has 0 saturated carbocycles. The fraction of sp³-hybridized carbons (Fsp3) is 0.364. The fourth-order valence-corrected chi connectivity index (χ4v) is 1.52. The van der Waals surface area contributed by atoms with Crippen molar-refractivity contribution in [2.45, 2.75) is 6.42 Å². The quantitative estimate of drug-likeness (QED) is 0.739. The normalized spacial score (nSPS) is 15.6. The lowest BCUT2D eigenvalue weighted by atomic mass is 10.1. The molecule has 3 nitrogen and oxygen atoms in total. The van der Waals surface area contributed by atoms with Gasteiger partial charge in [0.2, 0.25) is 0 Å². The van der Waals surface area contributed by atoms with Crippen LogP contribution in [0.15, 0.2) is 29.3 Å². The van der Waals surface area contributed by atoms with Crippen molar-refractivity contribution in [3.05, 3.63) is 29.8 Å². The molecule has 1 heterocycles. The first kappa shape index (κ1) is 9.06. The van der Waals surface area contributed by atoms with Crippen LogP contribution >= 0.6 is 0 Å². The number of benzene rings is 1. The Kier molecular flexibility index (Phi) is 2.68. The topological polar surface area (TPSA) is 36.4 Å². The van der Waals surface area contributed by atoms with E-state index in [0.29, 0.717) is 0 Å². The van der Waals surface area contributed by atoms with Gasteiger partial charge in [-0.2, -0.15) is 0 Å². The summed E-state index contributed by atoms with van der Waals surface area (Å²) >= 11 is 0. The van der Waals surface area contributed by atoms with E-state index in [1.54, 1.807) is 0 Å². The molecule has 0 aliphatic carbocycles. The van der Waals surface area contributed by atoms with Crippen LogP contribution in [0.4, 0.5) is 5.69 Å². The fourth-order valence-electron chi connectivity index (χ4n) is 1.52. The number of hydrogen-bond donors (Lipinski definition) is 2. The van der Waals surface area contributed by atoms with Crippen molar-refractivity contribution in [2.24, 2.45) is 4.99 Å². The van der Waals surface area contributed by atoms with Gasteiger partial charge in [0.15, 0.2) is 0 Å². The molecule has 0 amide bonds. The minimum absolute atomic E-state index is 0.941. The molecule has 0 radical (unpaired) electrons. The average molecular weight is 189 g/mol. The van der Waals surface area contributed by atoms with Crippen LogP contribution in [0.25, 0.3) is 0 Å². The maximum Gasteiger partial charge on any atom is 0.128 e. The van der Waals surface area contributed by atoms with E-state index >= 15 is 0 Å². The summed E-state index contributed by atoms with van der Waals surface area (Å²) in [5, 5.41) is 6.40. The van der Waals surface area contributed by atoms with Crippen molar-refractivity contribution in [3.63, 3.8) is 0 Å². The van der Waals surface area contributed by atoms with Crippen LogP contribution in [0.5, 0.6) is 0 Å². The van der Waals surface area contributed by atoms with Crippen molar-refractivity contribution in [2.75, 3.05) is 25.5 Å². The van der Waals surface area contributed by atoms with Crippen LogP contribution in [-0.2, 0) is 0 Å². The molecule has 2 N–H and O–H groups in total. The summed E-state index contributed by atoms with van der Waals surface area (Å²) in [5.41, 5.74) is 2.30. The number of aliphatic imine (C=N–C) groups is 1. The molecule has 1 aliphatic rings. The van der Waals surface area contributed by atoms with E-state index in [9.17, 15) is 0 Å². The molecule has 1 aliphatic heterocycles. The first-order valence-electron chi connectivity index (χ1n) is 4.96. The largest absolute Gasteiger partial charge is 0.388 e. The van der Waals surface area contributed by atoms with Crippen LogP contribution < -0.4 is 10.6 Å². The highest BCUT2D eigenvalue weighted by molar-refractivity contribution is 5.99. The molecule has 0 fully saturated rings. The maximum absolute atomic E-state index is 4.44. The van der Waals surface area contributed by atoms with E-state index in [2.05, 4.69) is 39.9 Å². The third-order valence-electron chi connectivity index (χ3n) is 2.34. The minimum atomic E-state index is 0.941. The standard InChI is InChI=1S/C11H15N3/c1-12-10-5-3-9(4-6-10)11-13-7-2-8-14-11/h3-6,12H,2,7-8H2,1H3,(H,13,14).